The molecule has 0 unspecified atom stereocenters. The highest BCUT2D eigenvalue weighted by Crippen LogP contribution is 2.37. The van der Waals surface area contributed by atoms with Crippen LogP contribution in [0.2, 0.25) is 0 Å². The lowest BCUT2D eigenvalue weighted by Crippen LogP contribution is -2.20. The topological polar surface area (TPSA) is 75.6 Å². The lowest BCUT2D eigenvalue weighted by atomic mass is 10.2. The van der Waals surface area contributed by atoms with Crippen molar-refractivity contribution >= 4 is 33.1 Å². The van der Waals surface area contributed by atoms with Crippen molar-refractivity contribution in [3.8, 4) is 5.00 Å². The van der Waals surface area contributed by atoms with E-state index in [0.29, 0.717) is 21.0 Å². The van der Waals surface area contributed by atoms with Crippen molar-refractivity contribution in [3.63, 3.8) is 0 Å². The second kappa shape index (κ2) is 6.86. The van der Waals surface area contributed by atoms with Crippen molar-refractivity contribution in [1.82, 2.24) is 19.7 Å². The quantitative estimate of drug-likeness (QED) is 0.431. The summed E-state index contributed by atoms with van der Waals surface area (Å²) >= 11 is 1.03. The Morgan fingerprint density at radius 2 is 1.87 bits per heavy atom. The number of amides is 1. The molecule has 6 nitrogen and oxygen atoms in total. The van der Waals surface area contributed by atoms with E-state index in [0.717, 1.165) is 29.8 Å². The van der Waals surface area contributed by atoms with Crippen LogP contribution in [-0.2, 0) is 12.4 Å². The third-order valence-electron chi connectivity index (χ3n) is 4.02. The molecule has 30 heavy (non-hydrogen) atoms. The molecular formula is C17H9F6N5OS. The van der Waals surface area contributed by atoms with Gasteiger partial charge in [-0.3, -0.25) is 9.78 Å². The molecule has 4 rings (SSSR count). The van der Waals surface area contributed by atoms with Crippen LogP contribution in [0.25, 0.3) is 15.2 Å². The van der Waals surface area contributed by atoms with Gasteiger partial charge in [-0.1, -0.05) is 0 Å². The molecule has 13 heteroatoms. The van der Waals surface area contributed by atoms with Gasteiger partial charge in [-0.05, 0) is 24.3 Å². The highest BCUT2D eigenvalue weighted by atomic mass is 32.1. The molecule has 0 saturated heterocycles. The minimum Gasteiger partial charge on any atom is -0.360 e. The third-order valence-corrected chi connectivity index (χ3v) is 5.10. The van der Waals surface area contributed by atoms with Crippen molar-refractivity contribution in [2.24, 2.45) is 0 Å². The number of rotatable bonds is 3. The number of carbonyl (C=O) groups excluding carboxylic acids is 1. The summed E-state index contributed by atoms with van der Waals surface area (Å²) < 4.78 is 80.7. The van der Waals surface area contributed by atoms with E-state index in [1.807, 2.05) is 5.32 Å². The Kier molecular flexibility index (Phi) is 4.56. The first kappa shape index (κ1) is 19.9. The average molecular weight is 445 g/mol. The van der Waals surface area contributed by atoms with Crippen LogP contribution in [0.15, 0.2) is 42.9 Å². The zero-order valence-corrected chi connectivity index (χ0v) is 15.3. The Hall–Kier alpha value is -3.35. The minimum atomic E-state index is -4.95. The molecule has 2 N–H and O–H groups in total. The van der Waals surface area contributed by atoms with Crippen molar-refractivity contribution < 1.29 is 31.1 Å². The first-order valence-electron chi connectivity index (χ1n) is 8.11. The van der Waals surface area contributed by atoms with Gasteiger partial charge in [-0.25, -0.2) is 4.68 Å². The van der Waals surface area contributed by atoms with Gasteiger partial charge < -0.3 is 10.3 Å². The highest BCUT2D eigenvalue weighted by Gasteiger charge is 2.41. The molecule has 0 aliphatic carbocycles. The number of aromatic amines is 1. The van der Waals surface area contributed by atoms with Gasteiger partial charge in [0.25, 0.3) is 5.91 Å². The van der Waals surface area contributed by atoms with Crippen molar-refractivity contribution in [2.75, 3.05) is 5.32 Å². The molecule has 0 bridgehead atoms. The minimum absolute atomic E-state index is 0.117. The van der Waals surface area contributed by atoms with Gasteiger partial charge in [-0.2, -0.15) is 31.4 Å². The predicted octanol–water partition coefficient (Wildman–Crippen LogP) is 5.10. The van der Waals surface area contributed by atoms with E-state index in [9.17, 15) is 31.1 Å². The molecule has 0 aliphatic heterocycles. The van der Waals surface area contributed by atoms with Crippen molar-refractivity contribution in [2.45, 2.75) is 12.4 Å². The molecular weight excluding hydrogens is 436 g/mol. The monoisotopic (exact) mass is 445 g/mol. The molecule has 0 atom stereocenters. The molecule has 156 valence electrons. The van der Waals surface area contributed by atoms with Crippen LogP contribution in [0.4, 0.5) is 32.0 Å². The molecule has 0 radical (unpaired) electrons. The highest BCUT2D eigenvalue weighted by molar-refractivity contribution is 7.21. The van der Waals surface area contributed by atoms with Crippen molar-refractivity contribution in [3.05, 3.63) is 59.8 Å². The number of pyridine rings is 1. The van der Waals surface area contributed by atoms with Crippen LogP contribution in [-0.4, -0.2) is 25.7 Å². The number of hydrogen-bond acceptors (Lipinski definition) is 4. The Bertz CT molecular complexity index is 1210. The smallest absolute Gasteiger partial charge is 0.360 e. The van der Waals surface area contributed by atoms with E-state index in [4.69, 9.17) is 0 Å². The summed E-state index contributed by atoms with van der Waals surface area (Å²) in [6.07, 6.45) is -6.58. The Balaban J connectivity index is 1.71. The molecule has 0 fully saturated rings. The van der Waals surface area contributed by atoms with Crippen LogP contribution in [0.1, 0.15) is 21.7 Å². The normalized spacial score (nSPS) is 12.5. The maximum Gasteiger partial charge on any atom is 0.434 e. The number of thiophene rings is 1. The summed E-state index contributed by atoms with van der Waals surface area (Å²) in [6, 6.07) is 4.68. The molecule has 4 aromatic heterocycles. The molecule has 0 aromatic carbocycles. The van der Waals surface area contributed by atoms with E-state index < -0.39 is 35.2 Å². The summed E-state index contributed by atoms with van der Waals surface area (Å²) in [4.78, 5) is 18.4. The number of alkyl halides is 6. The Morgan fingerprint density at radius 1 is 1.10 bits per heavy atom. The third kappa shape index (κ3) is 3.63. The number of anilines is 1. The van der Waals surface area contributed by atoms with E-state index in [1.54, 1.807) is 12.3 Å². The van der Waals surface area contributed by atoms with Gasteiger partial charge in [0.1, 0.15) is 10.7 Å². The summed E-state index contributed by atoms with van der Waals surface area (Å²) in [6.45, 7) is 0. The fourth-order valence-electron chi connectivity index (χ4n) is 2.76. The standard InChI is InChI=1S/C17H9F6N5OS/c18-16(19,20)12-5-8(1-3-25-12)27-15(29)9-7-26-28(14(9)17(21,22)23)13-6-10-11(30-13)2-4-24-10/h1-7,24H,(H,25,27,29). The summed E-state index contributed by atoms with van der Waals surface area (Å²) in [5, 5.41) is 5.84. The molecule has 1 amide bonds. The molecule has 0 saturated carbocycles. The number of nitrogens with one attached hydrogen (secondary N) is 2. The lowest BCUT2D eigenvalue weighted by Gasteiger charge is -2.12. The maximum atomic E-state index is 13.7. The molecule has 0 spiro atoms. The van der Waals surface area contributed by atoms with Crippen LogP contribution in [0.3, 0.4) is 0 Å². The van der Waals surface area contributed by atoms with Gasteiger partial charge in [0.05, 0.1) is 22.0 Å². The zero-order valence-electron chi connectivity index (χ0n) is 14.5. The first-order chi connectivity index (χ1) is 14.0. The van der Waals surface area contributed by atoms with Gasteiger partial charge in [0, 0.05) is 18.1 Å². The molecule has 4 heterocycles. The number of H-pyrrole nitrogens is 1. The summed E-state index contributed by atoms with van der Waals surface area (Å²) in [5.74, 6) is -1.25. The number of hydrogen-bond donors (Lipinski definition) is 2. The maximum absolute atomic E-state index is 13.7. The molecule has 4 aromatic rings. The second-order valence-corrected chi connectivity index (χ2v) is 7.10. The SMILES string of the molecule is O=C(Nc1ccnc(C(F)(F)F)c1)c1cnn(-c2cc3[nH]ccc3s2)c1C(F)(F)F. The van der Waals surface area contributed by atoms with Gasteiger partial charge in [0.2, 0.25) is 0 Å². The molecule has 0 aliphatic rings. The van der Waals surface area contributed by atoms with E-state index >= 15 is 0 Å². The number of nitrogens with zero attached hydrogens (tertiary/aromatic N) is 3. The fraction of sp³-hybridized carbons (Fsp3) is 0.118. The van der Waals surface area contributed by atoms with Gasteiger partial charge in [-0.15, -0.1) is 11.3 Å². The largest absolute Gasteiger partial charge is 0.434 e. The van der Waals surface area contributed by atoms with Gasteiger partial charge in [0.15, 0.2) is 5.69 Å². The van der Waals surface area contributed by atoms with Crippen LogP contribution in [0.5, 0.6) is 0 Å². The average Bonchev–Trinajstić information content (AvgIpc) is 3.34. The van der Waals surface area contributed by atoms with Crippen LogP contribution < -0.4 is 5.32 Å². The fourth-order valence-corrected chi connectivity index (χ4v) is 3.75. The van der Waals surface area contributed by atoms with E-state index in [-0.39, 0.29) is 10.7 Å². The van der Waals surface area contributed by atoms with Gasteiger partial charge >= 0.3 is 12.4 Å². The Morgan fingerprint density at radius 3 is 2.53 bits per heavy atom. The predicted molar refractivity (Wildman–Crippen MR) is 95.5 cm³/mol. The number of fused-ring (bicyclic) bond motifs is 1. The zero-order chi connectivity index (χ0) is 21.7. The second-order valence-electron chi connectivity index (χ2n) is 6.04. The number of carbonyl (C=O) groups is 1. The lowest BCUT2D eigenvalue weighted by molar-refractivity contribution is -0.143. The van der Waals surface area contributed by atoms with E-state index in [1.165, 1.54) is 6.07 Å². The Labute approximate surface area is 167 Å². The van der Waals surface area contributed by atoms with Crippen LogP contribution >= 0.6 is 11.3 Å². The first-order valence-corrected chi connectivity index (χ1v) is 8.93. The van der Waals surface area contributed by atoms with Crippen molar-refractivity contribution in [1.29, 1.82) is 0 Å². The van der Waals surface area contributed by atoms with E-state index in [2.05, 4.69) is 15.1 Å². The number of halogens is 6. The summed E-state index contributed by atoms with van der Waals surface area (Å²) in [5.41, 5.74) is -3.21. The van der Waals surface area contributed by atoms with Crippen LogP contribution in [0, 0.1) is 0 Å². The number of aromatic nitrogens is 4. The summed E-state index contributed by atoms with van der Waals surface area (Å²) in [7, 11) is 0.